The summed E-state index contributed by atoms with van der Waals surface area (Å²) in [5.41, 5.74) is 2.55. The predicted molar refractivity (Wildman–Crippen MR) is 69.7 cm³/mol. The molecule has 1 aromatic rings. The van der Waals surface area contributed by atoms with E-state index in [9.17, 15) is 0 Å². The molecule has 0 atom stereocenters. The highest BCUT2D eigenvalue weighted by Crippen LogP contribution is 2.18. The highest BCUT2D eigenvalue weighted by Gasteiger charge is 2.08. The summed E-state index contributed by atoms with van der Waals surface area (Å²) in [6.45, 7) is 9.56. The Bertz CT molecular complexity index is 310. The van der Waals surface area contributed by atoms with Gasteiger partial charge in [-0.05, 0) is 24.1 Å². The van der Waals surface area contributed by atoms with Crippen LogP contribution in [-0.4, -0.2) is 25.1 Å². The average Bonchev–Trinajstić information content (AvgIpc) is 2.25. The molecule has 3 heteroatoms. The molecule has 1 rings (SSSR count). The SMILES string of the molecule is CCNCc1ccncc1N(C)CC(C)C. The summed E-state index contributed by atoms with van der Waals surface area (Å²) in [6, 6.07) is 2.09. The molecule has 0 spiro atoms. The quantitative estimate of drug-likeness (QED) is 0.799. The van der Waals surface area contributed by atoms with Crippen molar-refractivity contribution < 1.29 is 0 Å². The molecule has 0 amide bonds. The molecule has 0 bridgehead atoms. The van der Waals surface area contributed by atoms with Gasteiger partial charge < -0.3 is 10.2 Å². The van der Waals surface area contributed by atoms with Crippen molar-refractivity contribution in [2.24, 2.45) is 5.92 Å². The number of hydrogen-bond donors (Lipinski definition) is 1. The minimum absolute atomic E-state index is 0.664. The molecule has 1 aromatic heterocycles. The molecule has 0 aromatic carbocycles. The fourth-order valence-corrected chi connectivity index (χ4v) is 1.81. The van der Waals surface area contributed by atoms with Crippen LogP contribution in [0.5, 0.6) is 0 Å². The van der Waals surface area contributed by atoms with Gasteiger partial charge in [0.25, 0.3) is 0 Å². The average molecular weight is 221 g/mol. The highest BCUT2D eigenvalue weighted by molar-refractivity contribution is 5.50. The molecule has 1 N–H and O–H groups in total. The molecule has 0 aliphatic heterocycles. The van der Waals surface area contributed by atoms with Crippen molar-refractivity contribution >= 4 is 5.69 Å². The minimum atomic E-state index is 0.664. The fourth-order valence-electron chi connectivity index (χ4n) is 1.81. The van der Waals surface area contributed by atoms with E-state index >= 15 is 0 Å². The molecule has 90 valence electrons. The van der Waals surface area contributed by atoms with E-state index in [1.165, 1.54) is 11.3 Å². The Balaban J connectivity index is 2.76. The normalized spacial score (nSPS) is 10.8. The number of nitrogens with zero attached hydrogens (tertiary/aromatic N) is 2. The molecule has 0 aliphatic carbocycles. The molecular weight excluding hydrogens is 198 g/mol. The van der Waals surface area contributed by atoms with Crippen molar-refractivity contribution in [1.29, 1.82) is 0 Å². The summed E-state index contributed by atoms with van der Waals surface area (Å²) in [5, 5.41) is 3.36. The van der Waals surface area contributed by atoms with E-state index in [-0.39, 0.29) is 0 Å². The second-order valence-corrected chi connectivity index (χ2v) is 4.56. The first-order chi connectivity index (χ1) is 7.65. The first-order valence-electron chi connectivity index (χ1n) is 5.99. The number of nitrogens with one attached hydrogen (secondary N) is 1. The van der Waals surface area contributed by atoms with Crippen LogP contribution in [0.15, 0.2) is 18.5 Å². The van der Waals surface area contributed by atoms with Crippen molar-refractivity contribution in [1.82, 2.24) is 10.3 Å². The summed E-state index contributed by atoms with van der Waals surface area (Å²) < 4.78 is 0. The van der Waals surface area contributed by atoms with Gasteiger partial charge in [-0.15, -0.1) is 0 Å². The van der Waals surface area contributed by atoms with E-state index < -0.39 is 0 Å². The van der Waals surface area contributed by atoms with E-state index in [0.717, 1.165) is 19.6 Å². The third kappa shape index (κ3) is 3.81. The largest absolute Gasteiger partial charge is 0.373 e. The van der Waals surface area contributed by atoms with Crippen molar-refractivity contribution in [2.75, 3.05) is 25.0 Å². The maximum absolute atomic E-state index is 4.21. The Morgan fingerprint density at radius 2 is 2.19 bits per heavy atom. The van der Waals surface area contributed by atoms with Crippen molar-refractivity contribution in [3.05, 3.63) is 24.0 Å². The minimum Gasteiger partial charge on any atom is -0.373 e. The zero-order valence-electron chi connectivity index (χ0n) is 10.8. The lowest BCUT2D eigenvalue weighted by Gasteiger charge is -2.23. The highest BCUT2D eigenvalue weighted by atomic mass is 15.1. The summed E-state index contributed by atoms with van der Waals surface area (Å²) in [7, 11) is 2.13. The van der Waals surface area contributed by atoms with Crippen LogP contribution < -0.4 is 10.2 Å². The Hall–Kier alpha value is -1.09. The Kier molecular flexibility index (Phi) is 5.26. The number of rotatable bonds is 6. The van der Waals surface area contributed by atoms with Crippen LogP contribution in [0.1, 0.15) is 26.3 Å². The lowest BCUT2D eigenvalue weighted by atomic mass is 10.1. The Morgan fingerprint density at radius 1 is 1.44 bits per heavy atom. The van der Waals surface area contributed by atoms with Crippen LogP contribution in [0.25, 0.3) is 0 Å². The third-order valence-corrected chi connectivity index (χ3v) is 2.50. The summed E-state index contributed by atoms with van der Waals surface area (Å²) in [6.07, 6.45) is 3.81. The van der Waals surface area contributed by atoms with Gasteiger partial charge in [-0.2, -0.15) is 0 Å². The number of aromatic nitrogens is 1. The van der Waals surface area contributed by atoms with Crippen molar-refractivity contribution in [3.8, 4) is 0 Å². The van der Waals surface area contributed by atoms with E-state index in [2.05, 4.69) is 49.1 Å². The zero-order chi connectivity index (χ0) is 12.0. The van der Waals surface area contributed by atoms with Gasteiger partial charge in [0.15, 0.2) is 0 Å². The molecule has 0 saturated heterocycles. The second kappa shape index (κ2) is 6.48. The summed E-state index contributed by atoms with van der Waals surface area (Å²) in [4.78, 5) is 6.49. The summed E-state index contributed by atoms with van der Waals surface area (Å²) in [5.74, 6) is 0.664. The number of anilines is 1. The summed E-state index contributed by atoms with van der Waals surface area (Å²) >= 11 is 0. The third-order valence-electron chi connectivity index (χ3n) is 2.50. The van der Waals surface area contributed by atoms with E-state index in [4.69, 9.17) is 0 Å². The Labute approximate surface area is 98.9 Å². The molecular formula is C13H23N3. The molecule has 3 nitrogen and oxygen atoms in total. The molecule has 0 unspecified atom stereocenters. The molecule has 1 heterocycles. The molecule has 0 aliphatic rings. The van der Waals surface area contributed by atoms with Crippen LogP contribution in [0, 0.1) is 5.92 Å². The molecule has 0 radical (unpaired) electrons. The van der Waals surface area contributed by atoms with Crippen LogP contribution in [0.2, 0.25) is 0 Å². The van der Waals surface area contributed by atoms with Gasteiger partial charge in [0.05, 0.1) is 11.9 Å². The number of pyridine rings is 1. The maximum atomic E-state index is 4.21. The van der Waals surface area contributed by atoms with Crippen molar-refractivity contribution in [2.45, 2.75) is 27.3 Å². The van der Waals surface area contributed by atoms with Gasteiger partial charge in [0, 0.05) is 26.3 Å². The van der Waals surface area contributed by atoms with Gasteiger partial charge in [-0.3, -0.25) is 4.98 Å². The van der Waals surface area contributed by atoms with Crippen LogP contribution in [0.4, 0.5) is 5.69 Å². The van der Waals surface area contributed by atoms with Crippen LogP contribution in [-0.2, 0) is 6.54 Å². The molecule has 16 heavy (non-hydrogen) atoms. The van der Waals surface area contributed by atoms with Gasteiger partial charge >= 0.3 is 0 Å². The van der Waals surface area contributed by atoms with Gasteiger partial charge in [-0.1, -0.05) is 20.8 Å². The molecule has 0 saturated carbocycles. The monoisotopic (exact) mass is 221 g/mol. The first kappa shape index (κ1) is 13.0. The fraction of sp³-hybridized carbons (Fsp3) is 0.615. The van der Waals surface area contributed by atoms with Gasteiger partial charge in [-0.25, -0.2) is 0 Å². The van der Waals surface area contributed by atoms with Crippen LogP contribution in [0.3, 0.4) is 0 Å². The topological polar surface area (TPSA) is 28.2 Å². The standard InChI is InChI=1S/C13H23N3/c1-5-14-8-12-6-7-15-9-13(12)16(4)10-11(2)3/h6-7,9,11,14H,5,8,10H2,1-4H3. The van der Waals surface area contributed by atoms with Gasteiger partial charge in [0.2, 0.25) is 0 Å². The lowest BCUT2D eigenvalue weighted by molar-refractivity contribution is 0.634. The smallest absolute Gasteiger partial charge is 0.0595 e. The first-order valence-corrected chi connectivity index (χ1v) is 5.99. The zero-order valence-corrected chi connectivity index (χ0v) is 10.8. The lowest BCUT2D eigenvalue weighted by Crippen LogP contribution is -2.25. The molecule has 0 fully saturated rings. The predicted octanol–water partition coefficient (Wildman–Crippen LogP) is 2.28. The maximum Gasteiger partial charge on any atom is 0.0595 e. The van der Waals surface area contributed by atoms with E-state index in [1.54, 1.807) is 0 Å². The van der Waals surface area contributed by atoms with Gasteiger partial charge in [0.1, 0.15) is 0 Å². The van der Waals surface area contributed by atoms with E-state index in [0.29, 0.717) is 5.92 Å². The van der Waals surface area contributed by atoms with Crippen LogP contribution >= 0.6 is 0 Å². The van der Waals surface area contributed by atoms with Crippen molar-refractivity contribution in [3.63, 3.8) is 0 Å². The Morgan fingerprint density at radius 3 is 2.81 bits per heavy atom. The van der Waals surface area contributed by atoms with E-state index in [1.807, 2.05) is 12.4 Å². The number of hydrogen-bond acceptors (Lipinski definition) is 3. The second-order valence-electron chi connectivity index (χ2n) is 4.56.